The van der Waals surface area contributed by atoms with Gasteiger partial charge < -0.3 is 28.4 Å². The smallest absolute Gasteiger partial charge is 0.306 e. The van der Waals surface area contributed by atoms with E-state index in [1.165, 1.54) is 19.6 Å². The highest BCUT2D eigenvalue weighted by molar-refractivity contribution is 5.71. The van der Waals surface area contributed by atoms with Gasteiger partial charge in [-0.05, 0) is 46.5 Å². The molecule has 2 atom stereocenters. The summed E-state index contributed by atoms with van der Waals surface area (Å²) in [6.07, 6.45) is 3.06. The van der Waals surface area contributed by atoms with Crippen molar-refractivity contribution in [2.24, 2.45) is 0 Å². The van der Waals surface area contributed by atoms with E-state index in [9.17, 15) is 14.7 Å². The molecule has 0 fully saturated rings. The van der Waals surface area contributed by atoms with Crippen LogP contribution in [0.25, 0.3) is 0 Å². The highest BCUT2D eigenvalue weighted by atomic mass is 16.5. The highest BCUT2D eigenvalue weighted by Crippen LogP contribution is 2.31. The number of aliphatic carboxylic acids is 1. The molecule has 6 aromatic rings. The Morgan fingerprint density at radius 2 is 1.10 bits per heavy atom. The summed E-state index contributed by atoms with van der Waals surface area (Å²) >= 11 is 0. The number of methoxy groups -OCH3 is 1. The predicted octanol–water partition coefficient (Wildman–Crippen LogP) is 7.81. The topological polar surface area (TPSA) is 134 Å². The van der Waals surface area contributed by atoms with Crippen molar-refractivity contribution in [2.45, 2.75) is 37.9 Å². The monoisotopic (exact) mass is 660 g/mol. The maximum Gasteiger partial charge on any atom is 0.306 e. The molecule has 10 heteroatoms. The Kier molecular flexibility index (Phi) is 12.3. The number of carbonyl (C=O) groups excluding carboxylic acids is 1. The first kappa shape index (κ1) is 34.2. The minimum atomic E-state index is -0.890. The summed E-state index contributed by atoms with van der Waals surface area (Å²) in [6.45, 7) is 0.938. The summed E-state index contributed by atoms with van der Waals surface area (Å²) < 4.78 is 26.3. The van der Waals surface area contributed by atoms with Crippen LogP contribution >= 0.6 is 0 Å². The third kappa shape index (κ3) is 10.4. The Morgan fingerprint density at radius 3 is 1.51 bits per heavy atom. The van der Waals surface area contributed by atoms with Crippen LogP contribution in [0.3, 0.4) is 0 Å². The lowest BCUT2D eigenvalue weighted by molar-refractivity contribution is -0.141. The molecule has 6 rings (SSSR count). The van der Waals surface area contributed by atoms with Crippen molar-refractivity contribution in [2.75, 3.05) is 7.11 Å². The van der Waals surface area contributed by atoms with Gasteiger partial charge in [-0.15, -0.1) is 0 Å². The molecule has 0 unspecified atom stereocenters. The van der Waals surface area contributed by atoms with Crippen molar-refractivity contribution in [3.63, 3.8) is 0 Å². The number of carbonyl (C=O) groups is 2. The van der Waals surface area contributed by atoms with Gasteiger partial charge >= 0.3 is 11.9 Å². The van der Waals surface area contributed by atoms with Crippen LogP contribution in [0, 0.1) is 0 Å². The SMILES string of the molecule is COC(=O)C[C@H](c1cccc(OCc2ccccc2)c1)c1ccon1.O=C(O)C[C@H](c1cccc(OCc2ccccc2)c1)c1ccon1. The lowest BCUT2D eigenvalue weighted by Gasteiger charge is -2.15. The highest BCUT2D eigenvalue weighted by Gasteiger charge is 2.22. The van der Waals surface area contributed by atoms with Crippen molar-refractivity contribution in [3.05, 3.63) is 167 Å². The summed E-state index contributed by atoms with van der Waals surface area (Å²) in [6, 6.07) is 38.4. The molecule has 0 bridgehead atoms. The molecule has 0 spiro atoms. The molecule has 0 aliphatic rings. The molecule has 0 aliphatic carbocycles. The van der Waals surface area contributed by atoms with E-state index in [1.54, 1.807) is 12.1 Å². The van der Waals surface area contributed by atoms with E-state index in [0.717, 1.165) is 28.0 Å². The molecule has 2 aromatic heterocycles. The van der Waals surface area contributed by atoms with Gasteiger partial charge in [0.2, 0.25) is 0 Å². The van der Waals surface area contributed by atoms with E-state index in [2.05, 4.69) is 10.3 Å². The van der Waals surface area contributed by atoms with Gasteiger partial charge in [0.1, 0.15) is 37.2 Å². The van der Waals surface area contributed by atoms with Crippen molar-refractivity contribution in [1.29, 1.82) is 0 Å². The number of esters is 1. The van der Waals surface area contributed by atoms with E-state index < -0.39 is 5.97 Å². The van der Waals surface area contributed by atoms with Gasteiger partial charge in [-0.3, -0.25) is 9.59 Å². The maximum absolute atomic E-state index is 11.8. The number of carboxylic acids is 1. The molecule has 49 heavy (non-hydrogen) atoms. The number of carboxylic acid groups (broad SMARTS) is 1. The molecule has 0 saturated carbocycles. The van der Waals surface area contributed by atoms with Gasteiger partial charge in [0, 0.05) is 24.0 Å². The Morgan fingerprint density at radius 1 is 0.633 bits per heavy atom. The fraction of sp³-hybridized carbons (Fsp3) is 0.179. The van der Waals surface area contributed by atoms with Gasteiger partial charge in [-0.1, -0.05) is 95.2 Å². The van der Waals surface area contributed by atoms with Gasteiger partial charge in [-0.2, -0.15) is 0 Å². The van der Waals surface area contributed by atoms with Crippen molar-refractivity contribution >= 4 is 11.9 Å². The van der Waals surface area contributed by atoms with Crippen LogP contribution < -0.4 is 9.47 Å². The average Bonchev–Trinajstić information content (AvgIpc) is 3.88. The molecule has 2 heterocycles. The van der Waals surface area contributed by atoms with Crippen molar-refractivity contribution in [1.82, 2.24) is 10.3 Å². The minimum absolute atomic E-state index is 0.0608. The van der Waals surface area contributed by atoms with Gasteiger partial charge in [0.25, 0.3) is 0 Å². The Labute approximate surface area is 283 Å². The summed E-state index contributed by atoms with van der Waals surface area (Å²) in [5.41, 5.74) is 5.20. The van der Waals surface area contributed by atoms with Crippen LogP contribution in [0.15, 0.2) is 143 Å². The van der Waals surface area contributed by atoms with Crippen LogP contribution in [-0.4, -0.2) is 34.5 Å². The van der Waals surface area contributed by atoms with Crippen molar-refractivity contribution in [3.8, 4) is 11.5 Å². The van der Waals surface area contributed by atoms with E-state index in [0.29, 0.717) is 30.4 Å². The standard InChI is InChI=1S/C20H19NO4.C19H17NO4/c1-23-20(22)13-18(19-10-11-25-21-19)16-8-5-9-17(12-16)24-14-15-6-3-2-4-7-15;21-19(22)12-17(18-9-10-24-20-18)15-7-4-8-16(11-15)23-13-14-5-2-1-3-6-14/h2-12,18H,13-14H2,1H3;1-11,17H,12-13H2,(H,21,22)/t18-;17-/m11/s1. The first-order valence-corrected chi connectivity index (χ1v) is 15.6. The maximum atomic E-state index is 11.8. The van der Waals surface area contributed by atoms with E-state index in [1.807, 2.05) is 109 Å². The molecule has 0 saturated heterocycles. The molecule has 0 amide bonds. The number of ether oxygens (including phenoxy) is 3. The molecule has 0 radical (unpaired) electrons. The molecule has 10 nitrogen and oxygen atoms in total. The Balaban J connectivity index is 0.000000191. The van der Waals surface area contributed by atoms with Crippen LogP contribution in [0.1, 0.15) is 58.3 Å². The predicted molar refractivity (Wildman–Crippen MR) is 180 cm³/mol. The number of aromatic nitrogens is 2. The average molecular weight is 661 g/mol. The Bertz CT molecular complexity index is 1860. The minimum Gasteiger partial charge on any atom is -0.489 e. The zero-order valence-corrected chi connectivity index (χ0v) is 26.9. The molecular formula is C39H36N2O8. The van der Waals surface area contributed by atoms with E-state index in [4.69, 9.17) is 23.3 Å². The lowest BCUT2D eigenvalue weighted by Crippen LogP contribution is -2.10. The van der Waals surface area contributed by atoms with Gasteiger partial charge in [0.15, 0.2) is 0 Å². The summed E-state index contributed by atoms with van der Waals surface area (Å²) in [7, 11) is 1.38. The first-order valence-electron chi connectivity index (χ1n) is 15.6. The van der Waals surface area contributed by atoms with Crippen LogP contribution in [0.2, 0.25) is 0 Å². The second-order valence-electron chi connectivity index (χ2n) is 11.0. The number of nitrogens with zero attached hydrogens (tertiary/aromatic N) is 2. The molecule has 250 valence electrons. The molecular weight excluding hydrogens is 624 g/mol. The first-order chi connectivity index (χ1) is 24.0. The number of hydrogen-bond acceptors (Lipinski definition) is 9. The number of hydrogen-bond donors (Lipinski definition) is 1. The van der Waals surface area contributed by atoms with Crippen LogP contribution in [-0.2, 0) is 27.5 Å². The number of rotatable bonds is 14. The third-order valence-electron chi connectivity index (χ3n) is 7.62. The second kappa shape index (κ2) is 17.7. The second-order valence-corrected chi connectivity index (χ2v) is 11.0. The third-order valence-corrected chi connectivity index (χ3v) is 7.62. The quantitative estimate of drug-likeness (QED) is 0.115. The lowest BCUT2D eigenvalue weighted by atomic mass is 9.92. The largest absolute Gasteiger partial charge is 0.489 e. The van der Waals surface area contributed by atoms with E-state index >= 15 is 0 Å². The molecule has 1 N–H and O–H groups in total. The van der Waals surface area contributed by atoms with Crippen LogP contribution in [0.4, 0.5) is 0 Å². The van der Waals surface area contributed by atoms with E-state index in [-0.39, 0.29) is 30.6 Å². The van der Waals surface area contributed by atoms with Crippen molar-refractivity contribution < 1.29 is 38.0 Å². The Hall–Kier alpha value is -6.16. The molecule has 0 aliphatic heterocycles. The van der Waals surface area contributed by atoms with Gasteiger partial charge in [0.05, 0.1) is 31.3 Å². The summed E-state index contributed by atoms with van der Waals surface area (Å²) in [4.78, 5) is 23.0. The normalized spacial score (nSPS) is 11.8. The zero-order valence-electron chi connectivity index (χ0n) is 26.9. The zero-order chi connectivity index (χ0) is 34.3. The fourth-order valence-electron chi connectivity index (χ4n) is 5.14. The summed E-state index contributed by atoms with van der Waals surface area (Å²) in [5.74, 6) is -0.384. The van der Waals surface area contributed by atoms with Crippen LogP contribution in [0.5, 0.6) is 11.5 Å². The number of benzene rings is 4. The molecule has 4 aromatic carbocycles. The summed E-state index contributed by atoms with van der Waals surface area (Å²) in [5, 5.41) is 17.0. The van der Waals surface area contributed by atoms with Gasteiger partial charge in [-0.25, -0.2) is 0 Å². The fourth-order valence-corrected chi connectivity index (χ4v) is 5.14.